The van der Waals surface area contributed by atoms with Crippen LogP contribution in [0.5, 0.6) is 5.75 Å². The van der Waals surface area contributed by atoms with Gasteiger partial charge in [0.2, 0.25) is 5.75 Å². The molecular formula is C18H14BrN3O5. The second-order valence-electron chi connectivity index (χ2n) is 5.51. The van der Waals surface area contributed by atoms with Crippen LogP contribution in [0.3, 0.4) is 0 Å². The average molecular weight is 432 g/mol. The molecule has 0 saturated carbocycles. The Hall–Kier alpha value is -3.20. The van der Waals surface area contributed by atoms with Gasteiger partial charge in [-0.2, -0.15) is 0 Å². The first kappa shape index (κ1) is 18.6. The van der Waals surface area contributed by atoms with Crippen LogP contribution in [0.1, 0.15) is 12.5 Å². The summed E-state index contributed by atoms with van der Waals surface area (Å²) in [6.07, 6.45) is 1.30. The molecule has 0 unspecified atom stereocenters. The maximum atomic E-state index is 12.7. The lowest BCUT2D eigenvalue weighted by Crippen LogP contribution is -2.35. The molecule has 9 heteroatoms. The third-order valence-electron chi connectivity index (χ3n) is 3.75. The van der Waals surface area contributed by atoms with Gasteiger partial charge in [0.1, 0.15) is 5.57 Å². The standard InChI is InChI=1S/C18H14BrN3O5/c1-2-27-16-11(8-12(19)10-15(16)22(25)26)9-14-17(23)20-21(18(14)24)13-6-4-3-5-7-13/h3-10H,2H2,1H3,(H,20,23). The number of rotatable bonds is 5. The number of nitro groups is 1. The van der Waals surface area contributed by atoms with Crippen molar-refractivity contribution in [3.05, 3.63) is 68.2 Å². The minimum atomic E-state index is -0.603. The Morgan fingerprint density at radius 1 is 1.26 bits per heavy atom. The summed E-state index contributed by atoms with van der Waals surface area (Å²) in [5.74, 6) is -1.16. The van der Waals surface area contributed by atoms with Gasteiger partial charge in [0, 0.05) is 16.1 Å². The third-order valence-corrected chi connectivity index (χ3v) is 4.21. The van der Waals surface area contributed by atoms with E-state index in [4.69, 9.17) is 4.74 Å². The highest BCUT2D eigenvalue weighted by molar-refractivity contribution is 9.10. The second kappa shape index (κ2) is 7.58. The van der Waals surface area contributed by atoms with E-state index >= 15 is 0 Å². The van der Waals surface area contributed by atoms with E-state index in [0.29, 0.717) is 10.2 Å². The summed E-state index contributed by atoms with van der Waals surface area (Å²) in [6, 6.07) is 11.5. The topological polar surface area (TPSA) is 102 Å². The highest BCUT2D eigenvalue weighted by atomic mass is 79.9. The number of para-hydroxylation sites is 1. The fraction of sp³-hybridized carbons (Fsp3) is 0.111. The molecule has 1 N–H and O–H groups in total. The molecule has 0 bridgehead atoms. The van der Waals surface area contributed by atoms with Crippen LogP contribution in [0.4, 0.5) is 11.4 Å². The summed E-state index contributed by atoms with van der Waals surface area (Å²) in [4.78, 5) is 35.8. The largest absolute Gasteiger partial charge is 0.487 e. The van der Waals surface area contributed by atoms with Crippen molar-refractivity contribution in [1.29, 1.82) is 0 Å². The molecule has 27 heavy (non-hydrogen) atoms. The normalized spacial score (nSPS) is 15.2. The van der Waals surface area contributed by atoms with Gasteiger partial charge in [-0.25, -0.2) is 5.01 Å². The van der Waals surface area contributed by atoms with Gasteiger partial charge in [0.15, 0.2) is 0 Å². The molecular weight excluding hydrogens is 418 g/mol. The zero-order valence-corrected chi connectivity index (χ0v) is 15.7. The van der Waals surface area contributed by atoms with Gasteiger partial charge >= 0.3 is 5.69 Å². The quantitative estimate of drug-likeness (QED) is 0.338. The van der Waals surface area contributed by atoms with E-state index in [2.05, 4.69) is 21.4 Å². The number of anilines is 1. The number of benzene rings is 2. The molecule has 1 aliphatic heterocycles. The van der Waals surface area contributed by atoms with Gasteiger partial charge in [-0.05, 0) is 31.2 Å². The summed E-state index contributed by atoms with van der Waals surface area (Å²) in [5, 5.41) is 12.5. The number of hydrazine groups is 1. The molecule has 0 spiro atoms. The second-order valence-corrected chi connectivity index (χ2v) is 6.42. The van der Waals surface area contributed by atoms with Crippen LogP contribution in [-0.4, -0.2) is 23.3 Å². The number of nitrogens with zero attached hydrogens (tertiary/aromatic N) is 2. The van der Waals surface area contributed by atoms with Crippen molar-refractivity contribution in [3.63, 3.8) is 0 Å². The lowest BCUT2D eigenvalue weighted by molar-refractivity contribution is -0.385. The molecule has 1 aliphatic rings. The molecule has 0 aliphatic carbocycles. The van der Waals surface area contributed by atoms with Crippen LogP contribution >= 0.6 is 15.9 Å². The number of carbonyl (C=O) groups is 2. The number of carbonyl (C=O) groups excluding carboxylic acids is 2. The van der Waals surface area contributed by atoms with Crippen LogP contribution in [-0.2, 0) is 9.59 Å². The van der Waals surface area contributed by atoms with E-state index in [-0.39, 0.29) is 29.2 Å². The average Bonchev–Trinajstić information content (AvgIpc) is 2.92. The van der Waals surface area contributed by atoms with Crippen molar-refractivity contribution in [2.24, 2.45) is 0 Å². The molecule has 2 aromatic rings. The molecule has 0 atom stereocenters. The first-order valence-corrected chi connectivity index (χ1v) is 8.74. The zero-order chi connectivity index (χ0) is 19.6. The van der Waals surface area contributed by atoms with E-state index in [9.17, 15) is 19.7 Å². The number of halogens is 1. The summed E-state index contributed by atoms with van der Waals surface area (Å²) in [5.41, 5.74) is 2.84. The van der Waals surface area contributed by atoms with Crippen molar-refractivity contribution in [2.75, 3.05) is 11.6 Å². The number of nitrogens with one attached hydrogen (secondary N) is 1. The maximum Gasteiger partial charge on any atom is 0.312 e. The van der Waals surface area contributed by atoms with Crippen LogP contribution in [0.2, 0.25) is 0 Å². The predicted molar refractivity (Wildman–Crippen MR) is 102 cm³/mol. The molecule has 1 fully saturated rings. The number of ether oxygens (including phenoxy) is 1. The van der Waals surface area contributed by atoms with Gasteiger partial charge in [0.25, 0.3) is 11.8 Å². The van der Waals surface area contributed by atoms with Crippen molar-refractivity contribution in [3.8, 4) is 5.75 Å². The lowest BCUT2D eigenvalue weighted by atomic mass is 10.1. The summed E-state index contributed by atoms with van der Waals surface area (Å²) in [7, 11) is 0. The van der Waals surface area contributed by atoms with Crippen molar-refractivity contribution in [2.45, 2.75) is 6.92 Å². The zero-order valence-electron chi connectivity index (χ0n) is 14.1. The maximum absolute atomic E-state index is 12.7. The van der Waals surface area contributed by atoms with Crippen LogP contribution in [0.25, 0.3) is 6.08 Å². The highest BCUT2D eigenvalue weighted by Crippen LogP contribution is 2.36. The lowest BCUT2D eigenvalue weighted by Gasteiger charge is -2.14. The Morgan fingerprint density at radius 3 is 2.59 bits per heavy atom. The van der Waals surface area contributed by atoms with E-state index in [1.807, 2.05) is 0 Å². The minimum absolute atomic E-state index is 0.00281. The molecule has 0 aromatic heterocycles. The summed E-state index contributed by atoms with van der Waals surface area (Å²) >= 11 is 3.21. The molecule has 0 radical (unpaired) electrons. The smallest absolute Gasteiger partial charge is 0.312 e. The van der Waals surface area contributed by atoms with Crippen LogP contribution in [0.15, 0.2) is 52.5 Å². The molecule has 2 amide bonds. The summed E-state index contributed by atoms with van der Waals surface area (Å²) in [6.45, 7) is 1.88. The fourth-order valence-electron chi connectivity index (χ4n) is 2.62. The number of hydrogen-bond donors (Lipinski definition) is 1. The van der Waals surface area contributed by atoms with Crippen molar-refractivity contribution in [1.82, 2.24) is 5.43 Å². The Kier molecular flexibility index (Phi) is 5.22. The Balaban J connectivity index is 2.07. The predicted octanol–water partition coefficient (Wildman–Crippen LogP) is 3.22. The van der Waals surface area contributed by atoms with Crippen molar-refractivity contribution < 1.29 is 19.2 Å². The third kappa shape index (κ3) is 3.68. The number of nitro benzene ring substituents is 1. The van der Waals surface area contributed by atoms with E-state index < -0.39 is 16.7 Å². The number of amides is 2. The monoisotopic (exact) mass is 431 g/mol. The Morgan fingerprint density at radius 2 is 1.96 bits per heavy atom. The first-order valence-electron chi connectivity index (χ1n) is 7.95. The van der Waals surface area contributed by atoms with Gasteiger partial charge in [-0.15, -0.1) is 0 Å². The van der Waals surface area contributed by atoms with Gasteiger partial charge in [-0.3, -0.25) is 25.1 Å². The van der Waals surface area contributed by atoms with Gasteiger partial charge < -0.3 is 4.74 Å². The molecule has 3 rings (SSSR count). The first-order chi connectivity index (χ1) is 12.9. The van der Waals surface area contributed by atoms with E-state index in [1.165, 1.54) is 12.1 Å². The fourth-order valence-corrected chi connectivity index (χ4v) is 3.08. The Bertz CT molecular complexity index is 959. The van der Waals surface area contributed by atoms with Crippen LogP contribution in [0, 0.1) is 10.1 Å². The molecule has 2 aromatic carbocycles. The summed E-state index contributed by atoms with van der Waals surface area (Å²) < 4.78 is 5.84. The minimum Gasteiger partial charge on any atom is -0.487 e. The van der Waals surface area contributed by atoms with Gasteiger partial charge in [0.05, 0.1) is 17.2 Å². The highest BCUT2D eigenvalue weighted by Gasteiger charge is 2.35. The number of hydrogen-bond acceptors (Lipinski definition) is 5. The van der Waals surface area contributed by atoms with E-state index in [0.717, 1.165) is 5.01 Å². The van der Waals surface area contributed by atoms with Crippen LogP contribution < -0.4 is 15.2 Å². The molecule has 138 valence electrons. The molecule has 1 heterocycles. The Labute approximate surface area is 162 Å². The molecule has 1 saturated heterocycles. The van der Waals surface area contributed by atoms with E-state index in [1.54, 1.807) is 43.3 Å². The SMILES string of the molecule is CCOc1c(C=C2C(=O)NN(c3ccccc3)C2=O)cc(Br)cc1[N+](=O)[O-]. The molecule has 8 nitrogen and oxygen atoms in total. The van der Waals surface area contributed by atoms with Gasteiger partial charge in [-0.1, -0.05) is 34.1 Å². The van der Waals surface area contributed by atoms with Crippen molar-refractivity contribution >= 4 is 45.2 Å².